The molecule has 0 atom stereocenters. The van der Waals surface area contributed by atoms with Crippen LogP contribution in [0.1, 0.15) is 18.3 Å². The topological polar surface area (TPSA) is 85.9 Å². The summed E-state index contributed by atoms with van der Waals surface area (Å²) in [6.07, 6.45) is 1.91. The van der Waals surface area contributed by atoms with Gasteiger partial charge in [0.1, 0.15) is 16.7 Å². The van der Waals surface area contributed by atoms with E-state index < -0.39 is 9.84 Å². The summed E-state index contributed by atoms with van der Waals surface area (Å²) in [5.41, 5.74) is 6.73. The molecule has 0 aliphatic carbocycles. The van der Waals surface area contributed by atoms with Crippen molar-refractivity contribution in [2.24, 2.45) is 0 Å². The largest absolute Gasteiger partial charge is 0.383 e. The van der Waals surface area contributed by atoms with Crippen LogP contribution < -0.4 is 5.73 Å². The molecule has 0 saturated carbocycles. The van der Waals surface area contributed by atoms with Crippen LogP contribution in [0.4, 0.5) is 5.82 Å². The Morgan fingerprint density at radius 1 is 1.19 bits per heavy atom. The maximum absolute atomic E-state index is 11.4. The van der Waals surface area contributed by atoms with Crippen molar-refractivity contribution < 1.29 is 8.42 Å². The molecule has 0 amide bonds. The van der Waals surface area contributed by atoms with Gasteiger partial charge in [-0.2, -0.15) is 0 Å². The molecule has 2 rings (SSSR count). The Bertz CT molecular complexity index is 757. The number of nitrogens with two attached hydrogens (primary N) is 1. The highest BCUT2D eigenvalue weighted by Gasteiger charge is 2.11. The maximum atomic E-state index is 11.4. The molecule has 112 valence electrons. The van der Waals surface area contributed by atoms with Crippen molar-refractivity contribution in [2.45, 2.75) is 35.1 Å². The average molecular weight is 323 g/mol. The molecular formula is C14H17N3O2S2. The highest BCUT2D eigenvalue weighted by molar-refractivity contribution is 7.99. The van der Waals surface area contributed by atoms with Gasteiger partial charge in [-0.15, -0.1) is 0 Å². The second-order valence-electron chi connectivity index (χ2n) is 4.65. The summed E-state index contributed by atoms with van der Waals surface area (Å²) in [7, 11) is -3.17. The molecule has 0 spiro atoms. The Balaban J connectivity index is 2.32. The third-order valence-electron chi connectivity index (χ3n) is 2.97. The van der Waals surface area contributed by atoms with Crippen molar-refractivity contribution in [3.05, 3.63) is 35.7 Å². The molecule has 7 heteroatoms. The molecule has 2 N–H and O–H groups in total. The van der Waals surface area contributed by atoms with E-state index in [-0.39, 0.29) is 0 Å². The molecule has 21 heavy (non-hydrogen) atoms. The van der Waals surface area contributed by atoms with Crippen molar-refractivity contribution in [3.8, 4) is 0 Å². The van der Waals surface area contributed by atoms with Gasteiger partial charge in [-0.1, -0.05) is 18.7 Å². The van der Waals surface area contributed by atoms with Gasteiger partial charge in [-0.05, 0) is 31.2 Å². The minimum atomic E-state index is -3.17. The predicted octanol–water partition coefficient (Wildman–Crippen LogP) is 2.48. The van der Waals surface area contributed by atoms with Gasteiger partial charge in [0.05, 0.1) is 4.90 Å². The fourth-order valence-electron chi connectivity index (χ4n) is 1.68. The highest BCUT2D eigenvalue weighted by Crippen LogP contribution is 2.31. The first-order chi connectivity index (χ1) is 9.81. The molecule has 0 fully saturated rings. The molecule has 0 saturated heterocycles. The second kappa shape index (κ2) is 6.03. The lowest BCUT2D eigenvalue weighted by Gasteiger charge is -2.09. The predicted molar refractivity (Wildman–Crippen MR) is 84.2 cm³/mol. The maximum Gasteiger partial charge on any atom is 0.175 e. The van der Waals surface area contributed by atoms with E-state index in [0.29, 0.717) is 23.0 Å². The summed E-state index contributed by atoms with van der Waals surface area (Å²) in [5.74, 6) is 1.19. The van der Waals surface area contributed by atoms with Crippen molar-refractivity contribution >= 4 is 27.4 Å². The van der Waals surface area contributed by atoms with Crippen LogP contribution in [-0.2, 0) is 16.3 Å². The first-order valence-electron chi connectivity index (χ1n) is 6.42. The van der Waals surface area contributed by atoms with Crippen LogP contribution in [0, 0.1) is 6.92 Å². The molecular weight excluding hydrogens is 306 g/mol. The van der Waals surface area contributed by atoms with E-state index in [1.165, 1.54) is 18.0 Å². The first kappa shape index (κ1) is 15.8. The van der Waals surface area contributed by atoms with Crippen molar-refractivity contribution in [3.63, 3.8) is 0 Å². The normalized spacial score (nSPS) is 11.6. The number of nitrogens with zero attached hydrogens (tertiary/aromatic N) is 2. The zero-order valence-electron chi connectivity index (χ0n) is 12.1. The van der Waals surface area contributed by atoms with E-state index in [1.54, 1.807) is 24.3 Å². The number of aromatic nitrogens is 2. The first-order valence-corrected chi connectivity index (χ1v) is 9.13. The van der Waals surface area contributed by atoms with Gasteiger partial charge < -0.3 is 5.73 Å². The lowest BCUT2D eigenvalue weighted by molar-refractivity contribution is 0.602. The van der Waals surface area contributed by atoms with Crippen LogP contribution in [0.25, 0.3) is 0 Å². The molecule has 5 nitrogen and oxygen atoms in total. The second-order valence-corrected chi connectivity index (χ2v) is 7.73. The van der Waals surface area contributed by atoms with E-state index in [2.05, 4.69) is 9.97 Å². The van der Waals surface area contributed by atoms with Crippen LogP contribution >= 0.6 is 11.8 Å². The van der Waals surface area contributed by atoms with E-state index in [9.17, 15) is 8.42 Å². The number of rotatable bonds is 4. The van der Waals surface area contributed by atoms with E-state index in [4.69, 9.17) is 5.73 Å². The minimum absolute atomic E-state index is 0.306. The van der Waals surface area contributed by atoms with Gasteiger partial charge in [0, 0.05) is 23.1 Å². The van der Waals surface area contributed by atoms with Gasteiger partial charge in [0.2, 0.25) is 0 Å². The number of sulfone groups is 1. The highest BCUT2D eigenvalue weighted by atomic mass is 32.2. The molecule has 0 radical (unpaired) electrons. The van der Waals surface area contributed by atoms with E-state index >= 15 is 0 Å². The molecule has 0 aliphatic rings. The van der Waals surface area contributed by atoms with Crippen LogP contribution in [0.3, 0.4) is 0 Å². The third kappa shape index (κ3) is 3.74. The zero-order valence-corrected chi connectivity index (χ0v) is 13.8. The molecule has 1 heterocycles. The summed E-state index contributed by atoms with van der Waals surface area (Å²) in [6.45, 7) is 3.85. The van der Waals surface area contributed by atoms with Gasteiger partial charge >= 0.3 is 0 Å². The van der Waals surface area contributed by atoms with Crippen LogP contribution in [0.2, 0.25) is 0 Å². The number of aryl methyl sites for hydroxylation is 1. The fraction of sp³-hybridized carbons (Fsp3) is 0.286. The van der Waals surface area contributed by atoms with E-state index in [0.717, 1.165) is 15.5 Å². The number of anilines is 1. The molecule has 2 aromatic rings. The van der Waals surface area contributed by atoms with Crippen LogP contribution in [0.15, 0.2) is 39.1 Å². The van der Waals surface area contributed by atoms with Crippen molar-refractivity contribution in [1.29, 1.82) is 0 Å². The molecule has 1 aromatic carbocycles. The SMILES string of the molecule is CCc1nc(N)c(C)c(Sc2ccc(S(C)(=O)=O)cc2)n1. The Morgan fingerprint density at radius 3 is 2.33 bits per heavy atom. The summed E-state index contributed by atoms with van der Waals surface area (Å²) in [4.78, 5) is 9.90. The smallest absolute Gasteiger partial charge is 0.175 e. The summed E-state index contributed by atoms with van der Waals surface area (Å²) >= 11 is 1.45. The average Bonchev–Trinajstić information content (AvgIpc) is 2.43. The van der Waals surface area contributed by atoms with Crippen LogP contribution in [0.5, 0.6) is 0 Å². The number of nitrogen functional groups attached to an aromatic ring is 1. The van der Waals surface area contributed by atoms with Crippen molar-refractivity contribution in [2.75, 3.05) is 12.0 Å². The monoisotopic (exact) mass is 323 g/mol. The molecule has 0 unspecified atom stereocenters. The quantitative estimate of drug-likeness (QED) is 0.870. The summed E-state index contributed by atoms with van der Waals surface area (Å²) < 4.78 is 22.9. The van der Waals surface area contributed by atoms with Gasteiger partial charge in [-0.3, -0.25) is 0 Å². The summed E-state index contributed by atoms with van der Waals surface area (Å²) in [5, 5.41) is 0.798. The minimum Gasteiger partial charge on any atom is -0.383 e. The number of benzene rings is 1. The Morgan fingerprint density at radius 2 is 1.81 bits per heavy atom. The number of hydrogen-bond donors (Lipinski definition) is 1. The van der Waals surface area contributed by atoms with E-state index in [1.807, 2.05) is 13.8 Å². The molecule has 1 aromatic heterocycles. The Labute approximate surface area is 128 Å². The summed E-state index contributed by atoms with van der Waals surface area (Å²) in [6, 6.07) is 6.73. The molecule has 0 aliphatic heterocycles. The van der Waals surface area contributed by atoms with Gasteiger partial charge in [0.15, 0.2) is 9.84 Å². The van der Waals surface area contributed by atoms with Crippen LogP contribution in [-0.4, -0.2) is 24.6 Å². The fourth-order valence-corrected chi connectivity index (χ4v) is 3.22. The third-order valence-corrected chi connectivity index (χ3v) is 5.19. The van der Waals surface area contributed by atoms with Gasteiger partial charge in [-0.25, -0.2) is 18.4 Å². The standard InChI is InChI=1S/C14H17N3O2S2/c1-4-12-16-13(15)9(2)14(17-12)20-10-5-7-11(8-6-10)21(3,18)19/h5-8H,4H2,1-3H3,(H2,15,16,17). The number of hydrogen-bond acceptors (Lipinski definition) is 6. The van der Waals surface area contributed by atoms with Gasteiger partial charge in [0.25, 0.3) is 0 Å². The lowest BCUT2D eigenvalue weighted by atomic mass is 10.3. The van der Waals surface area contributed by atoms with Crippen molar-refractivity contribution in [1.82, 2.24) is 9.97 Å². The zero-order chi connectivity index (χ0) is 15.6. The Kier molecular flexibility index (Phi) is 4.53. The lowest BCUT2D eigenvalue weighted by Crippen LogP contribution is -2.03. The Hall–Kier alpha value is -1.60. The molecule has 0 bridgehead atoms.